The molecule has 0 aliphatic heterocycles. The number of hydrogen-bond acceptors (Lipinski definition) is 3. The van der Waals surface area contributed by atoms with E-state index in [0.29, 0.717) is 16.3 Å². The van der Waals surface area contributed by atoms with Crippen LogP contribution in [-0.2, 0) is 4.79 Å². The number of benzene rings is 2. The molecule has 2 aromatic heterocycles. The van der Waals surface area contributed by atoms with Crippen LogP contribution in [0.5, 0.6) is 5.75 Å². The molecule has 1 N–H and O–H groups in total. The Morgan fingerprint density at radius 3 is 2.79 bits per heavy atom. The third-order valence-electron chi connectivity index (χ3n) is 4.16. The van der Waals surface area contributed by atoms with Crippen LogP contribution in [0.4, 0.5) is 10.1 Å². The summed E-state index contributed by atoms with van der Waals surface area (Å²) in [7, 11) is 0. The number of ether oxygens (including phenoxy) is 1. The molecule has 0 saturated carbocycles. The van der Waals surface area contributed by atoms with Gasteiger partial charge < -0.3 is 14.6 Å². The molecule has 0 radical (unpaired) electrons. The lowest BCUT2D eigenvalue weighted by molar-refractivity contribution is -0.118. The van der Waals surface area contributed by atoms with Crippen LogP contribution in [0.25, 0.3) is 16.6 Å². The summed E-state index contributed by atoms with van der Waals surface area (Å²) in [6, 6.07) is 15.1. The van der Waals surface area contributed by atoms with Gasteiger partial charge in [0.2, 0.25) is 0 Å². The number of pyridine rings is 1. The van der Waals surface area contributed by atoms with Gasteiger partial charge in [-0.1, -0.05) is 11.6 Å². The topological polar surface area (TPSA) is 56.1 Å². The molecule has 2 aromatic carbocycles. The van der Waals surface area contributed by atoms with Gasteiger partial charge in [0.25, 0.3) is 5.91 Å². The van der Waals surface area contributed by atoms with Crippen molar-refractivity contribution in [3.63, 3.8) is 0 Å². The number of rotatable bonds is 5. The van der Waals surface area contributed by atoms with E-state index in [2.05, 4.69) is 10.3 Å². The average Bonchev–Trinajstić information content (AvgIpc) is 3.24. The Balaban J connectivity index is 1.49. The molecule has 7 heteroatoms. The molecule has 1 amide bonds. The number of fused-ring (bicyclic) bond motifs is 1. The summed E-state index contributed by atoms with van der Waals surface area (Å²) in [6.45, 7) is -0.291. The van der Waals surface area contributed by atoms with E-state index in [1.807, 2.05) is 35.2 Å². The molecular weight excluding hydrogens is 381 g/mol. The minimum absolute atomic E-state index is 0.0823. The Morgan fingerprint density at radius 1 is 1.14 bits per heavy atom. The summed E-state index contributed by atoms with van der Waals surface area (Å²) >= 11 is 6.16. The highest BCUT2D eigenvalue weighted by Gasteiger charge is 2.12. The molecule has 0 atom stereocenters. The first kappa shape index (κ1) is 18.0. The van der Waals surface area contributed by atoms with Crippen LogP contribution >= 0.6 is 11.6 Å². The van der Waals surface area contributed by atoms with Gasteiger partial charge in [-0.25, -0.2) is 4.39 Å². The van der Waals surface area contributed by atoms with Crippen molar-refractivity contribution in [2.75, 3.05) is 11.9 Å². The maximum Gasteiger partial charge on any atom is 0.262 e. The van der Waals surface area contributed by atoms with Crippen molar-refractivity contribution < 1.29 is 13.9 Å². The van der Waals surface area contributed by atoms with Gasteiger partial charge >= 0.3 is 0 Å². The third-order valence-corrected chi connectivity index (χ3v) is 4.49. The van der Waals surface area contributed by atoms with Gasteiger partial charge in [-0.2, -0.15) is 0 Å². The molecule has 0 unspecified atom stereocenters. The van der Waals surface area contributed by atoms with Crippen LogP contribution in [0.2, 0.25) is 5.02 Å². The van der Waals surface area contributed by atoms with Gasteiger partial charge in [-0.3, -0.25) is 9.78 Å². The maximum atomic E-state index is 14.1. The van der Waals surface area contributed by atoms with Crippen molar-refractivity contribution in [1.29, 1.82) is 0 Å². The van der Waals surface area contributed by atoms with Crippen LogP contribution in [-0.4, -0.2) is 22.1 Å². The Labute approximate surface area is 165 Å². The molecule has 0 bridgehead atoms. The summed E-state index contributed by atoms with van der Waals surface area (Å²) in [4.78, 5) is 16.5. The second-order valence-corrected chi connectivity index (χ2v) is 6.44. The van der Waals surface area contributed by atoms with Crippen molar-refractivity contribution in [1.82, 2.24) is 9.55 Å². The van der Waals surface area contributed by atoms with Gasteiger partial charge in [0.15, 0.2) is 6.61 Å². The molecule has 0 aliphatic rings. The normalized spacial score (nSPS) is 10.8. The first-order chi connectivity index (χ1) is 13.6. The molecule has 4 rings (SSSR count). The van der Waals surface area contributed by atoms with E-state index in [1.165, 1.54) is 6.07 Å². The number of carbonyl (C=O) groups is 1. The molecular formula is C21H15ClFN3O2. The van der Waals surface area contributed by atoms with Crippen molar-refractivity contribution in [3.05, 3.63) is 84.0 Å². The lowest BCUT2D eigenvalue weighted by Gasteiger charge is -2.11. The molecule has 28 heavy (non-hydrogen) atoms. The molecule has 0 aliphatic carbocycles. The molecule has 0 spiro atoms. The molecule has 0 saturated heterocycles. The van der Waals surface area contributed by atoms with Gasteiger partial charge in [-0.15, -0.1) is 0 Å². The quantitative estimate of drug-likeness (QED) is 0.526. The molecule has 140 valence electrons. The average molecular weight is 396 g/mol. The van der Waals surface area contributed by atoms with Crippen LogP contribution in [0.15, 0.2) is 73.2 Å². The molecule has 2 heterocycles. The Morgan fingerprint density at radius 2 is 1.96 bits per heavy atom. The number of nitrogens with one attached hydrogen (secondary N) is 1. The first-order valence-corrected chi connectivity index (χ1v) is 8.88. The van der Waals surface area contributed by atoms with Crippen LogP contribution in [0, 0.1) is 5.82 Å². The number of halogens is 2. The van der Waals surface area contributed by atoms with Crippen LogP contribution in [0.1, 0.15) is 0 Å². The van der Waals surface area contributed by atoms with Gasteiger partial charge in [-0.05, 0) is 54.6 Å². The number of hydrogen-bond donors (Lipinski definition) is 1. The fraction of sp³-hybridized carbons (Fsp3) is 0.0476. The fourth-order valence-electron chi connectivity index (χ4n) is 2.83. The second-order valence-electron chi connectivity index (χ2n) is 6.04. The van der Waals surface area contributed by atoms with E-state index < -0.39 is 11.7 Å². The van der Waals surface area contributed by atoms with Gasteiger partial charge in [0.1, 0.15) is 17.1 Å². The third kappa shape index (κ3) is 3.68. The van der Waals surface area contributed by atoms with E-state index in [4.69, 9.17) is 16.3 Å². The molecule has 0 fully saturated rings. The monoisotopic (exact) mass is 395 g/mol. The number of carbonyl (C=O) groups excluding carboxylic acids is 1. The predicted octanol–water partition coefficient (Wildman–Crippen LogP) is 4.84. The van der Waals surface area contributed by atoms with E-state index in [-0.39, 0.29) is 12.3 Å². The molecule has 5 nitrogen and oxygen atoms in total. The van der Waals surface area contributed by atoms with Crippen molar-refractivity contribution in [2.45, 2.75) is 0 Å². The highest BCUT2D eigenvalue weighted by Crippen LogP contribution is 2.29. The zero-order valence-electron chi connectivity index (χ0n) is 14.6. The minimum Gasteiger partial charge on any atom is -0.481 e. The highest BCUT2D eigenvalue weighted by molar-refractivity contribution is 6.35. The van der Waals surface area contributed by atoms with Crippen molar-refractivity contribution >= 4 is 34.1 Å². The van der Waals surface area contributed by atoms with E-state index in [1.54, 1.807) is 36.5 Å². The number of nitrogens with zero attached hydrogens (tertiary/aromatic N) is 2. The summed E-state index contributed by atoms with van der Waals surface area (Å²) in [5.74, 6) is -0.581. The van der Waals surface area contributed by atoms with Crippen LogP contribution < -0.4 is 10.1 Å². The Hall–Kier alpha value is -3.38. The van der Waals surface area contributed by atoms with Crippen molar-refractivity contribution in [3.8, 4) is 11.4 Å². The van der Waals surface area contributed by atoms with Crippen molar-refractivity contribution in [2.24, 2.45) is 0 Å². The molecule has 4 aromatic rings. The van der Waals surface area contributed by atoms with Crippen LogP contribution in [0.3, 0.4) is 0 Å². The lowest BCUT2D eigenvalue weighted by Crippen LogP contribution is -2.21. The highest BCUT2D eigenvalue weighted by atomic mass is 35.5. The minimum atomic E-state index is -0.525. The summed E-state index contributed by atoms with van der Waals surface area (Å²) < 4.78 is 21.5. The maximum absolute atomic E-state index is 14.1. The number of amides is 1. The largest absolute Gasteiger partial charge is 0.481 e. The number of anilines is 1. The Bertz CT molecular complexity index is 1150. The smallest absolute Gasteiger partial charge is 0.262 e. The lowest BCUT2D eigenvalue weighted by atomic mass is 10.2. The van der Waals surface area contributed by atoms with E-state index in [0.717, 1.165) is 11.1 Å². The summed E-state index contributed by atoms with van der Waals surface area (Å²) in [5.41, 5.74) is 1.37. The zero-order chi connectivity index (χ0) is 19.5. The van der Waals surface area contributed by atoms with E-state index in [9.17, 15) is 9.18 Å². The SMILES string of the molecule is O=C(COc1ccc(Cl)c2cccnc12)Nc1cc(-n2cccc2)ccc1F. The Kier molecular flexibility index (Phi) is 4.95. The summed E-state index contributed by atoms with van der Waals surface area (Å²) in [6.07, 6.45) is 5.29. The standard InChI is InChI=1S/C21H15ClFN3O2/c22-16-6-8-19(21-15(16)4-3-9-24-21)28-13-20(27)25-18-12-14(5-7-17(18)23)26-10-1-2-11-26/h1-12H,13H2,(H,25,27). The fourth-order valence-corrected chi connectivity index (χ4v) is 3.05. The van der Waals surface area contributed by atoms with Gasteiger partial charge in [0, 0.05) is 29.7 Å². The van der Waals surface area contributed by atoms with E-state index >= 15 is 0 Å². The second kappa shape index (κ2) is 7.70. The predicted molar refractivity (Wildman–Crippen MR) is 107 cm³/mol. The number of aromatic nitrogens is 2. The first-order valence-electron chi connectivity index (χ1n) is 8.50. The zero-order valence-corrected chi connectivity index (χ0v) is 15.4. The van der Waals surface area contributed by atoms with Gasteiger partial charge in [0.05, 0.1) is 10.7 Å². The summed E-state index contributed by atoms with van der Waals surface area (Å²) in [5, 5.41) is 3.82.